The smallest absolute Gasteiger partial charge is 0.251 e. The van der Waals surface area contributed by atoms with Crippen molar-refractivity contribution in [3.05, 3.63) is 71.8 Å². The second-order valence-electron chi connectivity index (χ2n) is 9.68. The minimum Gasteiger partial charge on any atom is -0.370 e. The van der Waals surface area contributed by atoms with Crippen LogP contribution in [-0.2, 0) is 30.4 Å². The van der Waals surface area contributed by atoms with Crippen LogP contribution in [0.1, 0.15) is 48.0 Å². The number of unbranched alkanes of at least 4 members (excludes halogenated alkanes) is 1. The van der Waals surface area contributed by atoms with E-state index >= 15 is 0 Å². The minimum atomic E-state index is -1.23. The van der Waals surface area contributed by atoms with E-state index in [-0.39, 0.29) is 25.7 Å². The van der Waals surface area contributed by atoms with Crippen molar-refractivity contribution >= 4 is 35.4 Å². The summed E-state index contributed by atoms with van der Waals surface area (Å²) in [6.07, 6.45) is 1.03. The van der Waals surface area contributed by atoms with Crippen molar-refractivity contribution in [3.8, 4) is 0 Å². The predicted octanol–water partition coefficient (Wildman–Crippen LogP) is -1.01. The molecule has 0 aliphatic heterocycles. The van der Waals surface area contributed by atoms with Gasteiger partial charge in [-0.05, 0) is 49.9 Å². The number of primary amides is 2. The van der Waals surface area contributed by atoms with Crippen molar-refractivity contribution < 1.29 is 28.8 Å². The second kappa shape index (κ2) is 17.8. The van der Waals surface area contributed by atoms with Crippen LogP contribution in [0.4, 0.5) is 0 Å². The summed E-state index contributed by atoms with van der Waals surface area (Å²) in [5.74, 6) is -4.00. The van der Waals surface area contributed by atoms with Gasteiger partial charge in [-0.15, -0.1) is 0 Å². The Morgan fingerprint density at radius 1 is 0.643 bits per heavy atom. The van der Waals surface area contributed by atoms with E-state index in [0.717, 1.165) is 5.56 Å². The van der Waals surface area contributed by atoms with Gasteiger partial charge in [0.05, 0.1) is 6.54 Å². The van der Waals surface area contributed by atoms with E-state index < -0.39 is 60.1 Å². The third-order valence-corrected chi connectivity index (χ3v) is 6.27. The van der Waals surface area contributed by atoms with E-state index in [1.165, 1.54) is 0 Å². The topological polar surface area (TPSA) is 229 Å². The largest absolute Gasteiger partial charge is 0.370 e. The Balaban J connectivity index is 2.25. The summed E-state index contributed by atoms with van der Waals surface area (Å²) in [5, 5.41) is 10.3. The lowest BCUT2D eigenvalue weighted by Gasteiger charge is -2.25. The molecule has 10 N–H and O–H groups in total. The molecule has 0 aliphatic carbocycles. The van der Waals surface area contributed by atoms with E-state index in [1.807, 2.05) is 30.3 Å². The lowest BCUT2D eigenvalue weighted by molar-refractivity contribution is -0.133. The molecule has 226 valence electrons. The van der Waals surface area contributed by atoms with E-state index in [1.54, 1.807) is 30.3 Å². The van der Waals surface area contributed by atoms with Gasteiger partial charge >= 0.3 is 0 Å². The monoisotopic (exact) mass is 581 g/mol. The van der Waals surface area contributed by atoms with Crippen LogP contribution in [0.2, 0.25) is 0 Å². The molecule has 0 fully saturated rings. The first-order chi connectivity index (χ1) is 20.1. The number of rotatable bonds is 18. The Morgan fingerprint density at radius 2 is 1.21 bits per heavy atom. The van der Waals surface area contributed by atoms with Crippen LogP contribution in [0.5, 0.6) is 0 Å². The molecule has 6 amide bonds. The maximum atomic E-state index is 13.6. The summed E-state index contributed by atoms with van der Waals surface area (Å²) < 4.78 is 0. The van der Waals surface area contributed by atoms with Crippen LogP contribution in [0.3, 0.4) is 0 Å². The van der Waals surface area contributed by atoms with Gasteiger partial charge in [-0.2, -0.15) is 0 Å². The average molecular weight is 582 g/mol. The van der Waals surface area contributed by atoms with Crippen LogP contribution >= 0.6 is 0 Å². The van der Waals surface area contributed by atoms with Gasteiger partial charge in [0.2, 0.25) is 29.5 Å². The summed E-state index contributed by atoms with van der Waals surface area (Å²) in [7, 11) is 0. The average Bonchev–Trinajstić information content (AvgIpc) is 2.97. The molecule has 2 rings (SSSR count). The van der Waals surface area contributed by atoms with Gasteiger partial charge in [-0.25, -0.2) is 0 Å². The highest BCUT2D eigenvalue weighted by Gasteiger charge is 2.30. The maximum absolute atomic E-state index is 13.6. The molecule has 0 spiro atoms. The fourth-order valence-electron chi connectivity index (χ4n) is 4.05. The number of hydrogen-bond acceptors (Lipinski definition) is 7. The molecule has 13 nitrogen and oxygen atoms in total. The fourth-order valence-corrected chi connectivity index (χ4v) is 4.05. The molecule has 2 aromatic rings. The molecule has 2 aromatic carbocycles. The van der Waals surface area contributed by atoms with Crippen molar-refractivity contribution in [2.45, 2.75) is 56.7 Å². The summed E-state index contributed by atoms with van der Waals surface area (Å²) in [6, 6.07) is 14.1. The number of benzene rings is 2. The van der Waals surface area contributed by atoms with E-state index in [9.17, 15) is 28.8 Å². The molecule has 3 atom stereocenters. The zero-order valence-corrected chi connectivity index (χ0v) is 23.3. The standard InChI is InChI=1S/C29H39N7O6/c30-16-8-7-13-21(28(41)35-22(14-15-24(31)37)27(40)33-18-25(32)38)34-29(42)23(17-19-9-3-1-4-10-19)36-26(39)20-11-5-2-6-12-20/h1-6,9-12,21-23H,7-8,13-18,30H2,(H2,31,37)(H2,32,38)(H,33,40)(H,34,42)(H,35,41)(H,36,39)/t21-,22-,23-/m0/s1. The van der Waals surface area contributed by atoms with Gasteiger partial charge in [0.1, 0.15) is 18.1 Å². The highest BCUT2D eigenvalue weighted by Crippen LogP contribution is 2.09. The maximum Gasteiger partial charge on any atom is 0.251 e. The third-order valence-electron chi connectivity index (χ3n) is 6.27. The predicted molar refractivity (Wildman–Crippen MR) is 155 cm³/mol. The SMILES string of the molecule is NCCCC[C@H](NC(=O)[C@H](Cc1ccccc1)NC(=O)c1ccccc1)C(=O)N[C@@H](CCC(N)=O)C(=O)NCC(N)=O. The van der Waals surface area contributed by atoms with Crippen molar-refractivity contribution in [1.29, 1.82) is 0 Å². The highest BCUT2D eigenvalue weighted by atomic mass is 16.2. The van der Waals surface area contributed by atoms with Crippen LogP contribution in [0.25, 0.3) is 0 Å². The van der Waals surface area contributed by atoms with Crippen LogP contribution in [-0.4, -0.2) is 66.7 Å². The summed E-state index contributed by atoms with van der Waals surface area (Å²) >= 11 is 0. The van der Waals surface area contributed by atoms with Crippen molar-refractivity contribution in [1.82, 2.24) is 21.3 Å². The first-order valence-electron chi connectivity index (χ1n) is 13.7. The molecule has 13 heteroatoms. The molecule has 0 aliphatic rings. The molecular formula is C29H39N7O6. The van der Waals surface area contributed by atoms with Gasteiger partial charge in [0.15, 0.2) is 0 Å². The van der Waals surface area contributed by atoms with Crippen LogP contribution < -0.4 is 38.5 Å². The molecule has 0 heterocycles. The fraction of sp³-hybridized carbons (Fsp3) is 0.379. The Labute approximate surface area is 244 Å². The quantitative estimate of drug-likeness (QED) is 0.108. The number of amides is 6. The second-order valence-corrected chi connectivity index (χ2v) is 9.68. The van der Waals surface area contributed by atoms with Gasteiger partial charge in [0, 0.05) is 18.4 Å². The number of carbonyl (C=O) groups excluding carboxylic acids is 6. The normalized spacial score (nSPS) is 12.7. The summed E-state index contributed by atoms with van der Waals surface area (Å²) in [4.78, 5) is 74.9. The Kier molecular flexibility index (Phi) is 14.2. The van der Waals surface area contributed by atoms with Gasteiger partial charge in [-0.1, -0.05) is 48.5 Å². The Bertz CT molecular complexity index is 1210. The van der Waals surface area contributed by atoms with E-state index in [2.05, 4.69) is 21.3 Å². The molecule has 0 bridgehead atoms. The zero-order valence-electron chi connectivity index (χ0n) is 23.3. The minimum absolute atomic E-state index is 0.140. The van der Waals surface area contributed by atoms with Crippen LogP contribution in [0, 0.1) is 0 Å². The lowest BCUT2D eigenvalue weighted by atomic mass is 10.0. The number of nitrogens with two attached hydrogens (primary N) is 3. The van der Waals surface area contributed by atoms with E-state index in [0.29, 0.717) is 24.9 Å². The Hall–Kier alpha value is -4.78. The molecule has 0 saturated heterocycles. The van der Waals surface area contributed by atoms with Crippen molar-refractivity contribution in [3.63, 3.8) is 0 Å². The van der Waals surface area contributed by atoms with Crippen molar-refractivity contribution in [2.24, 2.45) is 17.2 Å². The zero-order chi connectivity index (χ0) is 30.9. The number of hydrogen-bond donors (Lipinski definition) is 7. The summed E-state index contributed by atoms with van der Waals surface area (Å²) in [6.45, 7) is -0.108. The third kappa shape index (κ3) is 12.2. The van der Waals surface area contributed by atoms with E-state index in [4.69, 9.17) is 17.2 Å². The van der Waals surface area contributed by atoms with Gasteiger partial charge < -0.3 is 38.5 Å². The summed E-state index contributed by atoms with van der Waals surface area (Å²) in [5.41, 5.74) is 17.1. The molecule has 0 radical (unpaired) electrons. The lowest BCUT2D eigenvalue weighted by Crippen LogP contribution is -2.57. The van der Waals surface area contributed by atoms with Gasteiger partial charge in [0.25, 0.3) is 5.91 Å². The molecule has 0 saturated carbocycles. The highest BCUT2D eigenvalue weighted by molar-refractivity contribution is 5.99. The van der Waals surface area contributed by atoms with Crippen molar-refractivity contribution in [2.75, 3.05) is 13.1 Å². The molecule has 0 aromatic heterocycles. The van der Waals surface area contributed by atoms with Gasteiger partial charge in [-0.3, -0.25) is 28.8 Å². The Morgan fingerprint density at radius 3 is 1.79 bits per heavy atom. The number of carbonyl (C=O) groups is 6. The molecule has 42 heavy (non-hydrogen) atoms. The number of nitrogens with one attached hydrogen (secondary N) is 4. The first-order valence-corrected chi connectivity index (χ1v) is 13.7. The molecule has 0 unspecified atom stereocenters. The molecular weight excluding hydrogens is 542 g/mol. The first kappa shape index (κ1) is 33.4. The van der Waals surface area contributed by atoms with Crippen LogP contribution in [0.15, 0.2) is 60.7 Å².